The molecule has 14 heteroatoms. The van der Waals surface area contributed by atoms with Crippen LogP contribution in [0.5, 0.6) is 11.6 Å². The van der Waals surface area contributed by atoms with Crippen molar-refractivity contribution in [2.75, 3.05) is 24.3 Å². The minimum Gasteiger partial charge on any atom is -0.475 e. The number of fused-ring (bicyclic) bond motifs is 1. The van der Waals surface area contributed by atoms with Gasteiger partial charge in [0.25, 0.3) is 5.91 Å². The molecule has 0 atom stereocenters. The number of aromatic nitrogens is 3. The molecule has 3 N–H and O–H groups in total. The van der Waals surface area contributed by atoms with E-state index in [2.05, 4.69) is 15.6 Å². The van der Waals surface area contributed by atoms with Crippen molar-refractivity contribution in [2.45, 2.75) is 43.9 Å². The maximum atomic E-state index is 13.4. The summed E-state index contributed by atoms with van der Waals surface area (Å²) in [5, 5.41) is 14.8. The summed E-state index contributed by atoms with van der Waals surface area (Å²) >= 11 is 0. The van der Waals surface area contributed by atoms with Crippen LogP contribution in [0, 0.1) is 5.82 Å². The molecule has 0 unspecified atom stereocenters. The normalized spacial score (nSPS) is 16.3. The first-order valence-electron chi connectivity index (χ1n) is 13.6. The lowest BCUT2D eigenvalue weighted by Gasteiger charge is -2.30. The number of carboxylic acids is 1. The molecule has 2 heterocycles. The predicted octanol–water partition coefficient (Wildman–Crippen LogP) is 5.81. The minimum absolute atomic E-state index is 0.0705. The quantitative estimate of drug-likeness (QED) is 0.221. The highest BCUT2D eigenvalue weighted by Crippen LogP contribution is 2.27. The van der Waals surface area contributed by atoms with Gasteiger partial charge in [0.1, 0.15) is 17.4 Å². The number of anilines is 2. The fourth-order valence-corrected chi connectivity index (χ4v) is 4.56. The topological polar surface area (TPSA) is 130 Å². The third-order valence-corrected chi connectivity index (χ3v) is 6.66. The van der Waals surface area contributed by atoms with Crippen molar-refractivity contribution >= 4 is 34.5 Å². The molecule has 0 radical (unpaired) electrons. The number of hydrogen-bond donors (Lipinski definition) is 3. The van der Waals surface area contributed by atoms with Crippen molar-refractivity contribution in [3.63, 3.8) is 0 Å². The van der Waals surface area contributed by atoms with Gasteiger partial charge >= 0.3 is 12.1 Å². The van der Waals surface area contributed by atoms with Gasteiger partial charge in [-0.25, -0.2) is 19.2 Å². The molecule has 0 aliphatic heterocycles. The zero-order chi connectivity index (χ0) is 31.9. The van der Waals surface area contributed by atoms with Gasteiger partial charge < -0.3 is 25.4 Å². The first-order chi connectivity index (χ1) is 20.9. The summed E-state index contributed by atoms with van der Waals surface area (Å²) in [5.74, 6) is -1.28. The molecule has 1 fully saturated rings. The first-order valence-corrected chi connectivity index (χ1v) is 13.6. The van der Waals surface area contributed by atoms with Crippen LogP contribution in [0.25, 0.3) is 10.9 Å². The summed E-state index contributed by atoms with van der Waals surface area (Å²) < 4.78 is 50.8. The SMILES string of the molecule is CN(C)c1nc(N[C@H]2CC[C@@H](NC(=O)c3ccnc(Oc4cccc(F)c4)c3)CC2)nc2ccccc12.O=C(O)C(F)(F)F. The molecule has 1 amide bonds. The zero-order valence-corrected chi connectivity index (χ0v) is 23.8. The van der Waals surface area contributed by atoms with E-state index in [1.165, 1.54) is 18.3 Å². The zero-order valence-electron chi connectivity index (χ0n) is 23.8. The molecule has 2 aromatic carbocycles. The molecule has 0 spiro atoms. The number of para-hydroxylation sites is 1. The Kier molecular flexibility index (Phi) is 10.1. The van der Waals surface area contributed by atoms with E-state index < -0.39 is 18.0 Å². The Morgan fingerprint density at radius 2 is 1.64 bits per heavy atom. The van der Waals surface area contributed by atoms with Crippen LogP contribution >= 0.6 is 0 Å². The summed E-state index contributed by atoms with van der Waals surface area (Å²) in [7, 11) is 3.96. The van der Waals surface area contributed by atoms with Gasteiger partial charge in [0.2, 0.25) is 11.8 Å². The molecule has 232 valence electrons. The summed E-state index contributed by atoms with van der Waals surface area (Å²) in [6, 6.07) is 17.3. The number of amides is 1. The van der Waals surface area contributed by atoms with Crippen LogP contribution in [-0.4, -0.2) is 64.3 Å². The van der Waals surface area contributed by atoms with E-state index in [9.17, 15) is 22.4 Å². The van der Waals surface area contributed by atoms with Crippen LogP contribution in [0.3, 0.4) is 0 Å². The molecular formula is C30H30F4N6O4. The van der Waals surface area contributed by atoms with E-state index in [1.807, 2.05) is 43.3 Å². The number of rotatable bonds is 7. The lowest BCUT2D eigenvalue weighted by molar-refractivity contribution is -0.192. The summed E-state index contributed by atoms with van der Waals surface area (Å²) in [5.41, 5.74) is 1.35. The van der Waals surface area contributed by atoms with E-state index >= 15 is 0 Å². The van der Waals surface area contributed by atoms with E-state index in [0.29, 0.717) is 17.3 Å². The molecule has 0 bridgehead atoms. The van der Waals surface area contributed by atoms with Crippen molar-refractivity contribution in [2.24, 2.45) is 0 Å². The summed E-state index contributed by atoms with van der Waals surface area (Å²) in [6.07, 6.45) is -0.105. The maximum absolute atomic E-state index is 13.4. The van der Waals surface area contributed by atoms with Gasteiger partial charge in [-0.1, -0.05) is 18.2 Å². The van der Waals surface area contributed by atoms with Crippen LogP contribution in [0.15, 0.2) is 66.9 Å². The van der Waals surface area contributed by atoms with E-state index in [-0.39, 0.29) is 23.9 Å². The minimum atomic E-state index is -5.08. The number of halogens is 4. The highest BCUT2D eigenvalue weighted by Gasteiger charge is 2.38. The average molecular weight is 615 g/mol. The van der Waals surface area contributed by atoms with Gasteiger partial charge in [-0.05, 0) is 56.0 Å². The van der Waals surface area contributed by atoms with E-state index in [0.717, 1.165) is 42.4 Å². The number of alkyl halides is 3. The molecular weight excluding hydrogens is 584 g/mol. The average Bonchev–Trinajstić information content (AvgIpc) is 2.97. The molecule has 5 rings (SSSR count). The molecule has 0 saturated heterocycles. The highest BCUT2D eigenvalue weighted by molar-refractivity contribution is 5.94. The second kappa shape index (κ2) is 14.0. The largest absolute Gasteiger partial charge is 0.490 e. The van der Waals surface area contributed by atoms with Crippen LogP contribution < -0.4 is 20.3 Å². The third-order valence-electron chi connectivity index (χ3n) is 6.66. The van der Waals surface area contributed by atoms with Gasteiger partial charge in [-0.15, -0.1) is 0 Å². The van der Waals surface area contributed by atoms with Crippen LogP contribution in [0.2, 0.25) is 0 Å². The van der Waals surface area contributed by atoms with Gasteiger partial charge in [-0.3, -0.25) is 4.79 Å². The number of carboxylic acid groups (broad SMARTS) is 1. The molecule has 1 aliphatic carbocycles. The molecule has 2 aromatic heterocycles. The molecule has 1 saturated carbocycles. The van der Waals surface area contributed by atoms with Gasteiger partial charge in [-0.2, -0.15) is 18.2 Å². The van der Waals surface area contributed by atoms with Crippen LogP contribution in [0.1, 0.15) is 36.0 Å². The fourth-order valence-electron chi connectivity index (χ4n) is 4.56. The Morgan fingerprint density at radius 3 is 2.30 bits per heavy atom. The molecule has 4 aromatic rings. The second-order valence-electron chi connectivity index (χ2n) is 10.2. The number of carbonyl (C=O) groups excluding carboxylic acids is 1. The number of hydrogen-bond acceptors (Lipinski definition) is 8. The summed E-state index contributed by atoms with van der Waals surface area (Å²) in [6.45, 7) is 0. The van der Waals surface area contributed by atoms with Gasteiger partial charge in [0.05, 0.1) is 5.52 Å². The standard InChI is InChI=1S/C28H29FN6O2.C2HF3O2/c1-35(2)26-23-8-3-4-9-24(23)33-28(34-26)32-21-12-10-20(11-13-21)31-27(36)18-14-15-30-25(16-18)37-22-7-5-6-19(29)17-22;3-2(4,5)1(6)7/h3-9,14-17,20-21H,10-13H2,1-2H3,(H,31,36)(H,32,33,34);(H,6,7)/t20-,21+;. The summed E-state index contributed by atoms with van der Waals surface area (Å²) in [4.78, 5) is 37.3. The molecule has 1 aliphatic rings. The number of nitrogens with zero attached hydrogens (tertiary/aromatic N) is 4. The van der Waals surface area contributed by atoms with Gasteiger partial charge in [0.15, 0.2) is 0 Å². The predicted molar refractivity (Wildman–Crippen MR) is 155 cm³/mol. The van der Waals surface area contributed by atoms with E-state index in [4.69, 9.17) is 24.6 Å². The van der Waals surface area contributed by atoms with Crippen LogP contribution in [-0.2, 0) is 4.79 Å². The third kappa shape index (κ3) is 8.75. The number of nitrogens with one attached hydrogen (secondary N) is 2. The lowest BCUT2D eigenvalue weighted by atomic mass is 9.91. The number of ether oxygens (including phenoxy) is 1. The van der Waals surface area contributed by atoms with Crippen LogP contribution in [0.4, 0.5) is 29.3 Å². The highest BCUT2D eigenvalue weighted by atomic mass is 19.4. The number of pyridine rings is 1. The lowest BCUT2D eigenvalue weighted by Crippen LogP contribution is -2.40. The molecule has 10 nitrogen and oxygen atoms in total. The Morgan fingerprint density at radius 1 is 0.955 bits per heavy atom. The smallest absolute Gasteiger partial charge is 0.475 e. The Labute approximate surface area is 250 Å². The van der Waals surface area contributed by atoms with Crippen molar-refractivity contribution in [1.29, 1.82) is 0 Å². The van der Waals surface area contributed by atoms with Crippen molar-refractivity contribution < 1.29 is 37.0 Å². The Balaban J connectivity index is 0.000000566. The van der Waals surface area contributed by atoms with Crippen molar-refractivity contribution in [3.05, 3.63) is 78.2 Å². The molecule has 44 heavy (non-hydrogen) atoms. The Hall–Kier alpha value is -5.01. The van der Waals surface area contributed by atoms with Gasteiger partial charge in [0, 0.05) is 55.5 Å². The van der Waals surface area contributed by atoms with E-state index in [1.54, 1.807) is 24.3 Å². The Bertz CT molecular complexity index is 1610. The number of benzene rings is 2. The van der Waals surface area contributed by atoms with Crippen molar-refractivity contribution in [1.82, 2.24) is 20.3 Å². The maximum Gasteiger partial charge on any atom is 0.490 e. The fraction of sp³-hybridized carbons (Fsp3) is 0.300. The monoisotopic (exact) mass is 614 g/mol. The van der Waals surface area contributed by atoms with Crippen molar-refractivity contribution in [3.8, 4) is 11.6 Å². The number of aliphatic carboxylic acids is 1. The first kappa shape index (κ1) is 31.9. The number of carbonyl (C=O) groups is 2. The second-order valence-corrected chi connectivity index (χ2v) is 10.2.